The highest BCUT2D eigenvalue weighted by Crippen LogP contribution is 2.27. The summed E-state index contributed by atoms with van der Waals surface area (Å²) in [6.07, 6.45) is 3.66. The molecule has 0 radical (unpaired) electrons. The van der Waals surface area contributed by atoms with Crippen LogP contribution in [0.2, 0.25) is 0 Å². The molecule has 2 aromatic rings. The van der Waals surface area contributed by atoms with E-state index in [1.165, 1.54) is 6.33 Å². The van der Waals surface area contributed by atoms with Gasteiger partial charge in [-0.15, -0.1) is 5.10 Å². The Morgan fingerprint density at radius 3 is 2.92 bits per heavy atom. The topological polar surface area (TPSA) is 84.2 Å². The quantitative estimate of drug-likeness (QED) is 0.814. The highest BCUT2D eigenvalue weighted by atomic mass is 16.2. The van der Waals surface area contributed by atoms with Crippen LogP contribution in [0.3, 0.4) is 0 Å². The van der Waals surface area contributed by atoms with Crippen molar-refractivity contribution in [3.8, 4) is 5.69 Å². The number of aryl methyl sites for hydroxylation is 1. The van der Waals surface area contributed by atoms with Crippen molar-refractivity contribution < 1.29 is 9.59 Å². The standard InChI is InChI=1S/C16H18N6O2/c1-11-9-12(4-5-13(11)22-10-17-18-19-22)16(24)21-8-6-15(23)20-7-2-3-14(20)21/h4-5,9-10,14H,2-3,6-8H2,1H3. The van der Waals surface area contributed by atoms with Crippen LogP contribution >= 0.6 is 0 Å². The fourth-order valence-corrected chi connectivity index (χ4v) is 3.59. The van der Waals surface area contributed by atoms with E-state index in [0.29, 0.717) is 18.5 Å². The average molecular weight is 326 g/mol. The predicted octanol–water partition coefficient (Wildman–Crippen LogP) is 0.765. The van der Waals surface area contributed by atoms with Crippen LogP contribution in [0.5, 0.6) is 0 Å². The van der Waals surface area contributed by atoms with E-state index in [1.54, 1.807) is 10.7 Å². The highest BCUT2D eigenvalue weighted by Gasteiger charge is 2.39. The first kappa shape index (κ1) is 14.8. The van der Waals surface area contributed by atoms with Crippen LogP contribution in [0, 0.1) is 6.92 Å². The summed E-state index contributed by atoms with van der Waals surface area (Å²) < 4.78 is 1.57. The van der Waals surface area contributed by atoms with Gasteiger partial charge in [-0.2, -0.15) is 0 Å². The van der Waals surface area contributed by atoms with Gasteiger partial charge in [-0.1, -0.05) is 0 Å². The van der Waals surface area contributed by atoms with E-state index in [2.05, 4.69) is 15.5 Å². The molecule has 4 rings (SSSR count). The first-order valence-electron chi connectivity index (χ1n) is 8.09. The second kappa shape index (κ2) is 5.70. The average Bonchev–Trinajstić information content (AvgIpc) is 3.26. The van der Waals surface area contributed by atoms with E-state index in [-0.39, 0.29) is 18.0 Å². The largest absolute Gasteiger partial charge is 0.322 e. The van der Waals surface area contributed by atoms with Crippen LogP contribution in [0.4, 0.5) is 0 Å². The van der Waals surface area contributed by atoms with E-state index < -0.39 is 0 Å². The molecule has 0 aliphatic carbocycles. The maximum Gasteiger partial charge on any atom is 0.255 e. The molecular weight excluding hydrogens is 308 g/mol. The zero-order valence-corrected chi connectivity index (χ0v) is 13.4. The van der Waals surface area contributed by atoms with E-state index in [0.717, 1.165) is 30.6 Å². The van der Waals surface area contributed by atoms with Crippen molar-refractivity contribution in [2.24, 2.45) is 0 Å². The predicted molar refractivity (Wildman–Crippen MR) is 84.3 cm³/mol. The van der Waals surface area contributed by atoms with E-state index in [9.17, 15) is 9.59 Å². The lowest BCUT2D eigenvalue weighted by Crippen LogP contribution is -2.55. The summed E-state index contributed by atoms with van der Waals surface area (Å²) in [7, 11) is 0. The van der Waals surface area contributed by atoms with Crippen LogP contribution < -0.4 is 0 Å². The van der Waals surface area contributed by atoms with Crippen molar-refractivity contribution in [3.05, 3.63) is 35.7 Å². The zero-order valence-electron chi connectivity index (χ0n) is 13.4. The van der Waals surface area contributed by atoms with E-state index in [4.69, 9.17) is 0 Å². The number of carbonyl (C=O) groups excluding carboxylic acids is 2. The van der Waals surface area contributed by atoms with Crippen LogP contribution in [0.1, 0.15) is 35.2 Å². The number of nitrogens with zero attached hydrogens (tertiary/aromatic N) is 6. The summed E-state index contributed by atoms with van der Waals surface area (Å²) in [5, 5.41) is 11.1. The second-order valence-electron chi connectivity index (χ2n) is 6.21. The second-order valence-corrected chi connectivity index (χ2v) is 6.21. The molecule has 2 aliphatic rings. The number of hydrogen-bond acceptors (Lipinski definition) is 5. The number of tetrazole rings is 1. The molecular formula is C16H18N6O2. The molecule has 2 amide bonds. The third-order valence-electron chi connectivity index (χ3n) is 4.77. The van der Waals surface area contributed by atoms with Gasteiger partial charge in [0.15, 0.2) is 0 Å². The molecule has 24 heavy (non-hydrogen) atoms. The van der Waals surface area contributed by atoms with Gasteiger partial charge in [0.05, 0.1) is 5.69 Å². The smallest absolute Gasteiger partial charge is 0.255 e. The van der Waals surface area contributed by atoms with E-state index in [1.807, 2.05) is 28.9 Å². The molecule has 0 N–H and O–H groups in total. The summed E-state index contributed by atoms with van der Waals surface area (Å²) in [5.41, 5.74) is 2.39. The summed E-state index contributed by atoms with van der Waals surface area (Å²) in [6.45, 7) is 3.17. The molecule has 1 atom stereocenters. The Hall–Kier alpha value is -2.77. The van der Waals surface area contributed by atoms with Crippen molar-refractivity contribution in [1.82, 2.24) is 30.0 Å². The fraction of sp³-hybridized carbons (Fsp3) is 0.438. The monoisotopic (exact) mass is 326 g/mol. The van der Waals surface area contributed by atoms with Crippen LogP contribution in [-0.2, 0) is 4.79 Å². The van der Waals surface area contributed by atoms with Crippen molar-refractivity contribution in [1.29, 1.82) is 0 Å². The first-order valence-corrected chi connectivity index (χ1v) is 8.09. The molecule has 1 unspecified atom stereocenters. The Labute approximate surface area is 139 Å². The number of rotatable bonds is 2. The minimum absolute atomic E-state index is 0.0224. The van der Waals surface area contributed by atoms with Gasteiger partial charge in [0.25, 0.3) is 5.91 Å². The maximum absolute atomic E-state index is 12.9. The van der Waals surface area contributed by atoms with Crippen molar-refractivity contribution in [3.63, 3.8) is 0 Å². The molecule has 0 bridgehead atoms. The number of benzene rings is 1. The normalized spacial score (nSPS) is 20.4. The molecule has 3 heterocycles. The Kier molecular flexibility index (Phi) is 3.51. The summed E-state index contributed by atoms with van der Waals surface area (Å²) in [6, 6.07) is 5.50. The van der Waals surface area contributed by atoms with Crippen LogP contribution in [-0.4, -0.2) is 61.1 Å². The molecule has 0 spiro atoms. The molecule has 124 valence electrons. The molecule has 2 fully saturated rings. The maximum atomic E-state index is 12.9. The van der Waals surface area contributed by atoms with Gasteiger partial charge in [0.1, 0.15) is 12.5 Å². The van der Waals surface area contributed by atoms with Gasteiger partial charge in [-0.25, -0.2) is 4.68 Å². The number of amides is 2. The molecule has 8 nitrogen and oxygen atoms in total. The number of hydrogen-bond donors (Lipinski definition) is 0. The minimum atomic E-state index is -0.0850. The SMILES string of the molecule is Cc1cc(C(=O)N2CCC(=O)N3CCCC32)ccc1-n1cnnn1. The lowest BCUT2D eigenvalue weighted by Gasteiger charge is -2.39. The van der Waals surface area contributed by atoms with Crippen molar-refractivity contribution in [2.75, 3.05) is 13.1 Å². The highest BCUT2D eigenvalue weighted by molar-refractivity contribution is 5.96. The van der Waals surface area contributed by atoms with Gasteiger partial charge in [0.2, 0.25) is 5.91 Å². The van der Waals surface area contributed by atoms with E-state index >= 15 is 0 Å². The van der Waals surface area contributed by atoms with Gasteiger partial charge >= 0.3 is 0 Å². The van der Waals surface area contributed by atoms with Crippen molar-refractivity contribution >= 4 is 11.8 Å². The molecule has 0 saturated carbocycles. The molecule has 1 aromatic carbocycles. The lowest BCUT2D eigenvalue weighted by molar-refractivity contribution is -0.139. The van der Waals surface area contributed by atoms with Crippen molar-refractivity contribution in [2.45, 2.75) is 32.4 Å². The van der Waals surface area contributed by atoms with Crippen LogP contribution in [0.15, 0.2) is 24.5 Å². The minimum Gasteiger partial charge on any atom is -0.322 e. The fourth-order valence-electron chi connectivity index (χ4n) is 3.59. The van der Waals surface area contributed by atoms with Gasteiger partial charge in [0, 0.05) is 25.1 Å². The number of fused-ring (bicyclic) bond motifs is 1. The summed E-state index contributed by atoms with van der Waals surface area (Å²) >= 11 is 0. The molecule has 2 saturated heterocycles. The Bertz CT molecular complexity index is 788. The Morgan fingerprint density at radius 1 is 1.29 bits per heavy atom. The van der Waals surface area contributed by atoms with Crippen LogP contribution in [0.25, 0.3) is 5.69 Å². The molecule has 1 aromatic heterocycles. The number of carbonyl (C=O) groups is 2. The lowest BCUT2D eigenvalue weighted by atomic mass is 10.1. The number of aromatic nitrogens is 4. The molecule has 2 aliphatic heterocycles. The van der Waals surface area contributed by atoms with Gasteiger partial charge < -0.3 is 9.80 Å². The molecule has 8 heteroatoms. The summed E-state index contributed by atoms with van der Waals surface area (Å²) in [4.78, 5) is 28.6. The Balaban J connectivity index is 1.61. The first-order chi connectivity index (χ1) is 11.6. The van der Waals surface area contributed by atoms with Gasteiger partial charge in [-0.3, -0.25) is 9.59 Å². The third kappa shape index (κ3) is 2.34. The third-order valence-corrected chi connectivity index (χ3v) is 4.77. The summed E-state index contributed by atoms with van der Waals surface area (Å²) in [5.74, 6) is 0.137. The zero-order chi connectivity index (χ0) is 16.7. The Morgan fingerprint density at radius 2 is 2.17 bits per heavy atom. The van der Waals surface area contributed by atoms with Gasteiger partial charge in [-0.05, 0) is 54.0 Å².